The van der Waals surface area contributed by atoms with Crippen molar-refractivity contribution in [3.05, 3.63) is 84.9 Å². The minimum absolute atomic E-state index is 0.289. The predicted octanol–water partition coefficient (Wildman–Crippen LogP) is 5.68. The molecule has 0 saturated carbocycles. The van der Waals surface area contributed by atoms with Crippen LogP contribution in [0.25, 0.3) is 17.0 Å². The van der Waals surface area contributed by atoms with Crippen LogP contribution in [0.15, 0.2) is 78.7 Å². The van der Waals surface area contributed by atoms with Gasteiger partial charge in [-0.3, -0.25) is 4.99 Å². The smallest absolute Gasteiger partial charge is 0.161 e. The van der Waals surface area contributed by atoms with E-state index in [1.54, 1.807) is 0 Å². The Labute approximate surface area is 210 Å². The Morgan fingerprint density at radius 3 is 2.83 bits per heavy atom. The molecule has 1 aromatic heterocycles. The number of benzene rings is 1. The number of rotatable bonds is 9. The Bertz CT molecular complexity index is 1120. The number of anilines is 1. The molecule has 0 spiro atoms. The van der Waals surface area contributed by atoms with Gasteiger partial charge in [-0.05, 0) is 56.5 Å². The molecule has 2 heterocycles. The normalized spacial score (nSPS) is 17.2. The Morgan fingerprint density at radius 1 is 1.29 bits per heavy atom. The van der Waals surface area contributed by atoms with E-state index in [1.807, 2.05) is 69.4 Å². The van der Waals surface area contributed by atoms with Crippen molar-refractivity contribution in [2.45, 2.75) is 39.2 Å². The number of hydrogen-bond donors (Lipinski definition) is 2. The van der Waals surface area contributed by atoms with Crippen LogP contribution in [0.4, 0.5) is 5.82 Å². The molecule has 1 aliphatic heterocycles. The molecule has 6 heteroatoms. The molecule has 2 N–H and O–H groups in total. The van der Waals surface area contributed by atoms with Gasteiger partial charge in [0.25, 0.3) is 0 Å². The first-order valence-corrected chi connectivity index (χ1v) is 12.2. The van der Waals surface area contributed by atoms with E-state index in [9.17, 15) is 0 Å². The third kappa shape index (κ3) is 7.49. The van der Waals surface area contributed by atoms with Crippen molar-refractivity contribution in [1.29, 1.82) is 0 Å². The summed E-state index contributed by atoms with van der Waals surface area (Å²) < 4.78 is 0. The molecule has 3 rings (SSSR count). The fraction of sp³-hybridized carbons (Fsp3) is 0.345. The van der Waals surface area contributed by atoms with Crippen molar-refractivity contribution in [2.24, 2.45) is 4.99 Å². The third-order valence-corrected chi connectivity index (χ3v) is 5.66. The van der Waals surface area contributed by atoms with E-state index in [0.717, 1.165) is 59.0 Å². The predicted molar refractivity (Wildman–Crippen MR) is 150 cm³/mol. The SMILES string of the molecule is C=C/C(=C\N(C)C)c1cccc(-c2ncc(C(/C=C\C)=NC(=C)C)c(NC3CCCCNC3)n2)c1. The van der Waals surface area contributed by atoms with E-state index in [1.165, 1.54) is 12.8 Å². The Hall–Kier alpha value is -3.51. The van der Waals surface area contributed by atoms with Crippen molar-refractivity contribution in [3.63, 3.8) is 0 Å². The summed E-state index contributed by atoms with van der Waals surface area (Å²) in [5.74, 6) is 1.46. The van der Waals surface area contributed by atoms with Gasteiger partial charge in [0.05, 0.1) is 11.3 Å². The van der Waals surface area contributed by atoms with Crippen LogP contribution in [-0.2, 0) is 0 Å². The van der Waals surface area contributed by atoms with Crippen LogP contribution in [-0.4, -0.2) is 53.8 Å². The van der Waals surface area contributed by atoms with Gasteiger partial charge in [0.1, 0.15) is 5.82 Å². The Balaban J connectivity index is 2.08. The molecular weight excluding hydrogens is 432 g/mol. The largest absolute Gasteiger partial charge is 0.383 e. The standard InChI is InChI=1S/C29H38N6/c1-7-12-27(32-21(3)4)26-19-31-28(34-29(26)33-25-15-9-10-16-30-18-25)24-14-11-13-23(17-24)22(8-2)20-35(5)6/h7-8,11-14,17,19-20,25,30H,2-3,9-10,15-16,18H2,1,4-6H3,(H,31,33,34)/b12-7-,22-20+,32-27?. The van der Waals surface area contributed by atoms with E-state index in [4.69, 9.17) is 9.97 Å². The van der Waals surface area contributed by atoms with Crippen LogP contribution in [0.5, 0.6) is 0 Å². The average Bonchev–Trinajstić information content (AvgIpc) is 3.10. The van der Waals surface area contributed by atoms with Gasteiger partial charge in [0.15, 0.2) is 5.82 Å². The highest BCUT2D eigenvalue weighted by atomic mass is 15.1. The van der Waals surface area contributed by atoms with E-state index in [0.29, 0.717) is 5.82 Å². The topological polar surface area (TPSA) is 65.4 Å². The number of nitrogens with zero attached hydrogens (tertiary/aromatic N) is 4. The summed E-state index contributed by atoms with van der Waals surface area (Å²) in [6.45, 7) is 13.8. The van der Waals surface area contributed by atoms with E-state index in [2.05, 4.69) is 47.1 Å². The van der Waals surface area contributed by atoms with Crippen LogP contribution < -0.4 is 10.6 Å². The maximum atomic E-state index is 5.02. The summed E-state index contributed by atoms with van der Waals surface area (Å²) in [5, 5.41) is 7.22. The summed E-state index contributed by atoms with van der Waals surface area (Å²) in [6, 6.07) is 8.55. The van der Waals surface area contributed by atoms with Gasteiger partial charge in [-0.25, -0.2) is 9.97 Å². The van der Waals surface area contributed by atoms with Gasteiger partial charge in [-0.15, -0.1) is 0 Å². The second-order valence-corrected chi connectivity index (χ2v) is 9.06. The monoisotopic (exact) mass is 470 g/mol. The zero-order valence-corrected chi connectivity index (χ0v) is 21.5. The third-order valence-electron chi connectivity index (χ3n) is 5.66. The lowest BCUT2D eigenvalue weighted by molar-refractivity contribution is 0.566. The summed E-state index contributed by atoms with van der Waals surface area (Å²) in [4.78, 5) is 16.4. The van der Waals surface area contributed by atoms with E-state index >= 15 is 0 Å². The lowest BCUT2D eigenvalue weighted by atomic mass is 10.0. The van der Waals surface area contributed by atoms with Gasteiger partial charge in [-0.1, -0.05) is 49.9 Å². The summed E-state index contributed by atoms with van der Waals surface area (Å²) in [6.07, 6.45) is 13.2. The second-order valence-electron chi connectivity index (χ2n) is 9.06. The number of aromatic nitrogens is 2. The second kappa shape index (κ2) is 12.8. The highest BCUT2D eigenvalue weighted by Gasteiger charge is 2.18. The molecule has 35 heavy (non-hydrogen) atoms. The highest BCUT2D eigenvalue weighted by molar-refractivity contribution is 6.12. The maximum Gasteiger partial charge on any atom is 0.161 e. The van der Waals surface area contributed by atoms with Gasteiger partial charge >= 0.3 is 0 Å². The zero-order chi connectivity index (χ0) is 25.2. The molecular formula is C29H38N6. The van der Waals surface area contributed by atoms with Crippen LogP contribution in [0, 0.1) is 0 Å². The van der Waals surface area contributed by atoms with E-state index < -0.39 is 0 Å². The first-order chi connectivity index (χ1) is 16.9. The molecule has 1 unspecified atom stereocenters. The fourth-order valence-electron chi connectivity index (χ4n) is 4.07. The summed E-state index contributed by atoms with van der Waals surface area (Å²) in [5.41, 5.74) is 5.47. The summed E-state index contributed by atoms with van der Waals surface area (Å²) in [7, 11) is 4.01. The first kappa shape index (κ1) is 26.1. The molecule has 0 aliphatic carbocycles. The number of aliphatic imine (C=N–C) groups is 1. The summed E-state index contributed by atoms with van der Waals surface area (Å²) >= 11 is 0. The average molecular weight is 471 g/mol. The van der Waals surface area contributed by atoms with Gasteiger partial charge in [-0.2, -0.15) is 0 Å². The van der Waals surface area contributed by atoms with Crippen LogP contribution in [0.2, 0.25) is 0 Å². The van der Waals surface area contributed by atoms with Gasteiger partial charge in [0.2, 0.25) is 0 Å². The van der Waals surface area contributed by atoms with Crippen LogP contribution in [0.3, 0.4) is 0 Å². The number of hydrogen-bond acceptors (Lipinski definition) is 6. The fourth-order valence-corrected chi connectivity index (χ4v) is 4.07. The highest BCUT2D eigenvalue weighted by Crippen LogP contribution is 2.26. The van der Waals surface area contributed by atoms with Gasteiger partial charge < -0.3 is 15.5 Å². The lowest BCUT2D eigenvalue weighted by Crippen LogP contribution is -2.32. The number of nitrogens with one attached hydrogen (secondary N) is 2. The zero-order valence-electron chi connectivity index (χ0n) is 21.5. The van der Waals surface area contributed by atoms with Crippen LogP contribution in [0.1, 0.15) is 44.2 Å². The molecule has 2 aromatic rings. The molecule has 1 atom stereocenters. The Kier molecular flexibility index (Phi) is 9.56. The van der Waals surface area contributed by atoms with Crippen molar-refractivity contribution < 1.29 is 0 Å². The Morgan fingerprint density at radius 2 is 2.11 bits per heavy atom. The quantitative estimate of drug-likeness (QED) is 0.364. The first-order valence-electron chi connectivity index (χ1n) is 12.2. The van der Waals surface area contributed by atoms with Crippen molar-refractivity contribution >= 4 is 17.1 Å². The molecule has 1 aromatic carbocycles. The molecule has 1 fully saturated rings. The molecule has 184 valence electrons. The number of allylic oxidation sites excluding steroid dienone is 5. The minimum Gasteiger partial charge on any atom is -0.383 e. The molecule has 1 saturated heterocycles. The molecule has 6 nitrogen and oxygen atoms in total. The van der Waals surface area contributed by atoms with Crippen molar-refractivity contribution in [1.82, 2.24) is 20.2 Å². The minimum atomic E-state index is 0.289. The molecule has 0 amide bonds. The van der Waals surface area contributed by atoms with E-state index in [-0.39, 0.29) is 6.04 Å². The molecule has 0 bridgehead atoms. The van der Waals surface area contributed by atoms with Crippen molar-refractivity contribution in [2.75, 3.05) is 32.5 Å². The molecule has 0 radical (unpaired) electrons. The van der Waals surface area contributed by atoms with Gasteiger partial charge in [0, 0.05) is 50.3 Å². The maximum absolute atomic E-state index is 5.02. The lowest BCUT2D eigenvalue weighted by Gasteiger charge is -2.20. The van der Waals surface area contributed by atoms with Crippen LogP contribution >= 0.6 is 0 Å². The molecule has 1 aliphatic rings. The van der Waals surface area contributed by atoms with Crippen molar-refractivity contribution in [3.8, 4) is 11.4 Å².